The molecule has 3 rings (SSSR count). The van der Waals surface area contributed by atoms with Crippen molar-refractivity contribution in [2.75, 3.05) is 12.3 Å². The monoisotopic (exact) mass is 285 g/mol. The maximum atomic E-state index is 14.3. The van der Waals surface area contributed by atoms with E-state index in [9.17, 15) is 19.7 Å². The Balaban J connectivity index is 2.09. The van der Waals surface area contributed by atoms with E-state index in [-0.39, 0.29) is 23.6 Å². The second-order valence-corrected chi connectivity index (χ2v) is 4.51. The molecule has 10 heteroatoms. The van der Waals surface area contributed by atoms with Gasteiger partial charge in [0.05, 0.1) is 12.9 Å². The number of ether oxygens (including phenoxy) is 1. The van der Waals surface area contributed by atoms with E-state index in [1.54, 1.807) is 0 Å². The Labute approximate surface area is 111 Å². The standard InChI is InChI=1S/C10H12FN5O4/c11-10(19)6(18)4(17)1-20-9(10)16-3-15-5-7(12)13-2-14-8(5)16/h2-4,6,9,17-19H,1H2,(H2,12,13,14)/t4-,6-,9-,10+/m1/s1. The van der Waals surface area contributed by atoms with E-state index in [2.05, 4.69) is 15.0 Å². The van der Waals surface area contributed by atoms with Crippen LogP contribution in [0, 0.1) is 0 Å². The van der Waals surface area contributed by atoms with Gasteiger partial charge in [0.25, 0.3) is 5.85 Å². The summed E-state index contributed by atoms with van der Waals surface area (Å²) in [6.07, 6.45) is -2.84. The molecule has 1 saturated heterocycles. The van der Waals surface area contributed by atoms with E-state index >= 15 is 0 Å². The molecule has 1 fully saturated rings. The van der Waals surface area contributed by atoms with Crippen LogP contribution in [0.3, 0.4) is 0 Å². The van der Waals surface area contributed by atoms with Crippen molar-refractivity contribution in [2.24, 2.45) is 0 Å². The highest BCUT2D eigenvalue weighted by atomic mass is 19.2. The van der Waals surface area contributed by atoms with E-state index in [0.29, 0.717) is 0 Å². The Morgan fingerprint density at radius 3 is 2.90 bits per heavy atom. The van der Waals surface area contributed by atoms with Crippen molar-refractivity contribution in [2.45, 2.75) is 24.3 Å². The second-order valence-electron chi connectivity index (χ2n) is 4.51. The molecular weight excluding hydrogens is 273 g/mol. The highest BCUT2D eigenvalue weighted by molar-refractivity contribution is 5.81. The zero-order chi connectivity index (χ0) is 14.5. The van der Waals surface area contributed by atoms with Gasteiger partial charge < -0.3 is 25.8 Å². The summed E-state index contributed by atoms with van der Waals surface area (Å²) in [7, 11) is 0. The Morgan fingerprint density at radius 2 is 2.15 bits per heavy atom. The van der Waals surface area contributed by atoms with Crippen LogP contribution in [0.15, 0.2) is 12.7 Å². The molecule has 3 heterocycles. The number of anilines is 1. The first-order valence-corrected chi connectivity index (χ1v) is 5.75. The number of nitrogens with two attached hydrogens (primary N) is 1. The van der Waals surface area contributed by atoms with Crippen molar-refractivity contribution in [3.05, 3.63) is 12.7 Å². The number of hydrogen-bond donors (Lipinski definition) is 4. The zero-order valence-electron chi connectivity index (χ0n) is 10.1. The van der Waals surface area contributed by atoms with Gasteiger partial charge in [0, 0.05) is 0 Å². The van der Waals surface area contributed by atoms with Gasteiger partial charge in [-0.15, -0.1) is 0 Å². The molecule has 5 N–H and O–H groups in total. The van der Waals surface area contributed by atoms with Gasteiger partial charge >= 0.3 is 0 Å². The molecule has 20 heavy (non-hydrogen) atoms. The molecule has 108 valence electrons. The fourth-order valence-electron chi connectivity index (χ4n) is 2.13. The van der Waals surface area contributed by atoms with E-state index in [4.69, 9.17) is 10.5 Å². The number of halogens is 1. The Morgan fingerprint density at radius 1 is 1.40 bits per heavy atom. The number of alkyl halides is 1. The molecule has 0 spiro atoms. The molecule has 2 aromatic heterocycles. The number of aliphatic hydroxyl groups excluding tert-OH is 2. The molecule has 0 saturated carbocycles. The van der Waals surface area contributed by atoms with E-state index in [1.807, 2.05) is 0 Å². The summed E-state index contributed by atoms with van der Waals surface area (Å²) in [4.78, 5) is 11.5. The first-order valence-electron chi connectivity index (χ1n) is 5.75. The number of imidazole rings is 1. The normalized spacial score (nSPS) is 34.5. The summed E-state index contributed by atoms with van der Waals surface area (Å²) >= 11 is 0. The van der Waals surface area contributed by atoms with E-state index < -0.39 is 24.3 Å². The van der Waals surface area contributed by atoms with Crippen LogP contribution in [-0.4, -0.2) is 59.5 Å². The predicted molar refractivity (Wildman–Crippen MR) is 62.8 cm³/mol. The summed E-state index contributed by atoms with van der Waals surface area (Å²) in [5, 5.41) is 28.6. The molecule has 0 aromatic carbocycles. The molecule has 1 aliphatic rings. The van der Waals surface area contributed by atoms with Gasteiger partial charge in [-0.2, -0.15) is 0 Å². The lowest BCUT2D eigenvalue weighted by Gasteiger charge is -2.39. The summed E-state index contributed by atoms with van der Waals surface area (Å²) in [6.45, 7) is -0.349. The Bertz CT molecular complexity index is 648. The van der Waals surface area contributed by atoms with E-state index in [0.717, 1.165) is 17.2 Å². The van der Waals surface area contributed by atoms with Crippen LogP contribution in [0.25, 0.3) is 11.2 Å². The SMILES string of the molecule is Nc1ncnc2c1ncn2[C@@H]1OC[C@@H](O)[C@@H](O)[C@@]1(O)F. The van der Waals surface area contributed by atoms with Gasteiger partial charge in [-0.3, -0.25) is 4.57 Å². The molecule has 0 radical (unpaired) electrons. The summed E-state index contributed by atoms with van der Waals surface area (Å²) in [6, 6.07) is 0. The van der Waals surface area contributed by atoms with Crippen LogP contribution in [0.2, 0.25) is 0 Å². The average molecular weight is 285 g/mol. The maximum absolute atomic E-state index is 14.3. The minimum atomic E-state index is -3.20. The lowest BCUT2D eigenvalue weighted by molar-refractivity contribution is -0.318. The number of nitrogen functional groups attached to an aromatic ring is 1. The minimum Gasteiger partial charge on any atom is -0.388 e. The third kappa shape index (κ3) is 1.73. The van der Waals surface area contributed by atoms with Gasteiger partial charge in [-0.25, -0.2) is 19.3 Å². The molecule has 0 bridgehead atoms. The molecule has 1 aliphatic heterocycles. The topological polar surface area (TPSA) is 140 Å². The molecule has 0 unspecified atom stereocenters. The number of fused-ring (bicyclic) bond motifs is 1. The van der Waals surface area contributed by atoms with Crippen molar-refractivity contribution >= 4 is 17.0 Å². The van der Waals surface area contributed by atoms with Crippen LogP contribution >= 0.6 is 0 Å². The molecule has 9 nitrogen and oxygen atoms in total. The van der Waals surface area contributed by atoms with Crippen LogP contribution in [0.4, 0.5) is 10.2 Å². The Hall–Kier alpha value is -1.88. The van der Waals surface area contributed by atoms with Crippen LogP contribution < -0.4 is 5.73 Å². The van der Waals surface area contributed by atoms with Crippen molar-refractivity contribution < 1.29 is 24.4 Å². The first kappa shape index (κ1) is 13.1. The van der Waals surface area contributed by atoms with E-state index in [1.165, 1.54) is 0 Å². The van der Waals surface area contributed by atoms with Crippen molar-refractivity contribution in [1.82, 2.24) is 19.5 Å². The second kappa shape index (κ2) is 4.31. The third-order valence-corrected chi connectivity index (χ3v) is 3.19. The summed E-state index contributed by atoms with van der Waals surface area (Å²) in [5.41, 5.74) is 5.96. The smallest absolute Gasteiger partial charge is 0.281 e. The average Bonchev–Trinajstić information content (AvgIpc) is 2.82. The van der Waals surface area contributed by atoms with Crippen LogP contribution in [0.5, 0.6) is 0 Å². The number of aromatic nitrogens is 4. The largest absolute Gasteiger partial charge is 0.388 e. The molecule has 4 atom stereocenters. The van der Waals surface area contributed by atoms with Crippen LogP contribution in [0.1, 0.15) is 6.23 Å². The summed E-state index contributed by atoms with van der Waals surface area (Å²) in [5.74, 6) is -3.11. The van der Waals surface area contributed by atoms with Gasteiger partial charge in [0.2, 0.25) is 0 Å². The maximum Gasteiger partial charge on any atom is 0.281 e. The number of aliphatic hydroxyl groups is 3. The van der Waals surface area contributed by atoms with Crippen molar-refractivity contribution in [3.8, 4) is 0 Å². The third-order valence-electron chi connectivity index (χ3n) is 3.19. The highest BCUT2D eigenvalue weighted by Crippen LogP contribution is 2.36. The first-order chi connectivity index (χ1) is 9.43. The van der Waals surface area contributed by atoms with Gasteiger partial charge in [0.15, 0.2) is 17.7 Å². The van der Waals surface area contributed by atoms with Crippen molar-refractivity contribution in [1.29, 1.82) is 0 Å². The fourth-order valence-corrected chi connectivity index (χ4v) is 2.13. The van der Waals surface area contributed by atoms with Gasteiger partial charge in [0.1, 0.15) is 24.1 Å². The predicted octanol–water partition coefficient (Wildman–Crippen LogP) is -1.68. The van der Waals surface area contributed by atoms with Crippen molar-refractivity contribution in [3.63, 3.8) is 0 Å². The number of nitrogens with zero attached hydrogens (tertiary/aromatic N) is 4. The molecule has 2 aromatic rings. The molecule has 0 amide bonds. The van der Waals surface area contributed by atoms with Gasteiger partial charge in [-0.05, 0) is 0 Å². The Kier molecular flexibility index (Phi) is 2.83. The molecule has 0 aliphatic carbocycles. The minimum absolute atomic E-state index is 0.0903. The summed E-state index contributed by atoms with van der Waals surface area (Å²) < 4.78 is 20.4. The quantitative estimate of drug-likeness (QED) is 0.487. The lowest BCUT2D eigenvalue weighted by Crippen LogP contribution is -2.57. The highest BCUT2D eigenvalue weighted by Gasteiger charge is 2.53. The number of rotatable bonds is 1. The fraction of sp³-hybridized carbons (Fsp3) is 0.500. The van der Waals surface area contributed by atoms with Crippen LogP contribution in [-0.2, 0) is 4.74 Å². The van der Waals surface area contributed by atoms with Gasteiger partial charge in [-0.1, -0.05) is 0 Å². The zero-order valence-corrected chi connectivity index (χ0v) is 10.1. The molecular formula is C10H12FN5O4. The lowest BCUT2D eigenvalue weighted by atomic mass is 10.0. The number of hydrogen-bond acceptors (Lipinski definition) is 8.